The summed E-state index contributed by atoms with van der Waals surface area (Å²) in [5, 5.41) is 1.26. The molecule has 13 heavy (non-hydrogen) atoms. The summed E-state index contributed by atoms with van der Waals surface area (Å²) in [7, 11) is 3.04. The van der Waals surface area contributed by atoms with Crippen LogP contribution in [0.25, 0.3) is 0 Å². The van der Waals surface area contributed by atoms with Crippen molar-refractivity contribution in [2.24, 2.45) is 0 Å². The molecule has 1 aromatic heterocycles. The van der Waals surface area contributed by atoms with Crippen LogP contribution in [-0.4, -0.2) is 24.1 Å². The zero-order valence-electron chi connectivity index (χ0n) is 7.91. The molecule has 0 amide bonds. The Balaban J connectivity index is 3.08. The van der Waals surface area contributed by atoms with E-state index in [1.807, 2.05) is 6.92 Å². The van der Waals surface area contributed by atoms with Gasteiger partial charge in [-0.25, -0.2) is 19.4 Å². The van der Waals surface area contributed by atoms with Gasteiger partial charge in [0.05, 0.1) is 12.8 Å². The van der Waals surface area contributed by atoms with Crippen molar-refractivity contribution in [1.82, 2.24) is 9.97 Å². The summed E-state index contributed by atoms with van der Waals surface area (Å²) < 4.78 is 13.5. The summed E-state index contributed by atoms with van der Waals surface area (Å²) in [6.45, 7) is 1.84. The Kier molecular flexibility index (Phi) is 3.13. The third-order valence-electron chi connectivity index (χ3n) is 1.75. The van der Waals surface area contributed by atoms with Crippen LogP contribution in [0, 0.1) is 5.82 Å². The first kappa shape index (κ1) is 9.85. The Bertz CT molecular complexity index is 293. The Hall–Kier alpha value is -1.23. The van der Waals surface area contributed by atoms with E-state index in [9.17, 15) is 4.39 Å². The van der Waals surface area contributed by atoms with Crippen molar-refractivity contribution < 1.29 is 9.23 Å². The van der Waals surface area contributed by atoms with Crippen LogP contribution in [0.1, 0.15) is 12.6 Å². The number of aryl methyl sites for hydroxylation is 1. The summed E-state index contributed by atoms with van der Waals surface area (Å²) in [5.74, 6) is -0.260. The highest BCUT2D eigenvalue weighted by atomic mass is 19.1. The maximum atomic E-state index is 13.5. The molecule has 0 N–H and O–H groups in total. The molecule has 0 unspecified atom stereocenters. The van der Waals surface area contributed by atoms with E-state index < -0.39 is 5.82 Å². The minimum atomic E-state index is -0.422. The van der Waals surface area contributed by atoms with Gasteiger partial charge < -0.3 is 0 Å². The van der Waals surface area contributed by atoms with Crippen LogP contribution in [0.15, 0.2) is 6.33 Å². The second kappa shape index (κ2) is 4.13. The first-order chi connectivity index (χ1) is 6.20. The van der Waals surface area contributed by atoms with Gasteiger partial charge in [-0.15, -0.1) is 0 Å². The summed E-state index contributed by atoms with van der Waals surface area (Å²) in [6, 6.07) is 0. The average molecular weight is 185 g/mol. The van der Waals surface area contributed by atoms with E-state index in [0.29, 0.717) is 12.1 Å². The third-order valence-corrected chi connectivity index (χ3v) is 1.75. The van der Waals surface area contributed by atoms with Gasteiger partial charge in [-0.3, -0.25) is 4.84 Å². The lowest BCUT2D eigenvalue weighted by Gasteiger charge is -2.15. The van der Waals surface area contributed by atoms with Crippen LogP contribution in [0.4, 0.5) is 10.2 Å². The van der Waals surface area contributed by atoms with Gasteiger partial charge in [0.15, 0.2) is 11.6 Å². The van der Waals surface area contributed by atoms with E-state index in [1.165, 1.54) is 18.5 Å². The van der Waals surface area contributed by atoms with Gasteiger partial charge in [-0.05, 0) is 6.42 Å². The summed E-state index contributed by atoms with van der Waals surface area (Å²) >= 11 is 0. The van der Waals surface area contributed by atoms with Crippen molar-refractivity contribution in [2.45, 2.75) is 13.3 Å². The molecular formula is C8H12FN3O. The van der Waals surface area contributed by atoms with Crippen LogP contribution in [0.2, 0.25) is 0 Å². The number of hydrogen-bond donors (Lipinski definition) is 0. The molecule has 0 radical (unpaired) electrons. The van der Waals surface area contributed by atoms with Crippen LogP contribution in [0.3, 0.4) is 0 Å². The molecule has 1 aromatic rings. The van der Waals surface area contributed by atoms with Crippen molar-refractivity contribution in [2.75, 3.05) is 19.2 Å². The number of hydrogen-bond acceptors (Lipinski definition) is 4. The van der Waals surface area contributed by atoms with Gasteiger partial charge in [-0.2, -0.15) is 0 Å². The largest absolute Gasteiger partial charge is 0.276 e. The number of aromatic nitrogens is 2. The molecule has 0 aliphatic carbocycles. The molecule has 0 bridgehead atoms. The van der Waals surface area contributed by atoms with E-state index in [-0.39, 0.29) is 5.82 Å². The number of halogens is 1. The standard InChI is InChI=1S/C8H12FN3O/c1-4-6-7(9)8(11-5-10-6)12(2)13-3/h5H,4H2,1-3H3. The van der Waals surface area contributed by atoms with E-state index in [4.69, 9.17) is 4.84 Å². The normalized spacial score (nSPS) is 10.2. The number of hydroxylamine groups is 1. The first-order valence-corrected chi connectivity index (χ1v) is 3.97. The van der Waals surface area contributed by atoms with E-state index in [1.54, 1.807) is 7.05 Å². The maximum Gasteiger partial charge on any atom is 0.192 e. The Morgan fingerprint density at radius 1 is 1.54 bits per heavy atom. The number of nitrogens with zero attached hydrogens (tertiary/aromatic N) is 3. The van der Waals surface area contributed by atoms with Crippen molar-refractivity contribution in [3.63, 3.8) is 0 Å². The van der Waals surface area contributed by atoms with Crippen LogP contribution in [-0.2, 0) is 11.3 Å². The molecular weight excluding hydrogens is 173 g/mol. The molecule has 0 aliphatic heterocycles. The topological polar surface area (TPSA) is 38.2 Å². The Labute approximate surface area is 76.3 Å². The van der Waals surface area contributed by atoms with Crippen LogP contribution >= 0.6 is 0 Å². The summed E-state index contributed by atoms with van der Waals surface area (Å²) in [5.41, 5.74) is 0.397. The highest BCUT2D eigenvalue weighted by Gasteiger charge is 2.12. The quantitative estimate of drug-likeness (QED) is 0.663. The predicted molar refractivity (Wildman–Crippen MR) is 46.8 cm³/mol. The molecule has 0 fully saturated rings. The lowest BCUT2D eigenvalue weighted by atomic mass is 10.3. The fraction of sp³-hybridized carbons (Fsp3) is 0.500. The summed E-state index contributed by atoms with van der Waals surface area (Å²) in [6.07, 6.45) is 1.87. The minimum Gasteiger partial charge on any atom is -0.276 e. The van der Waals surface area contributed by atoms with Crippen molar-refractivity contribution in [1.29, 1.82) is 0 Å². The summed E-state index contributed by atoms with van der Waals surface area (Å²) in [4.78, 5) is 12.4. The van der Waals surface area contributed by atoms with Crippen molar-refractivity contribution in [3.8, 4) is 0 Å². The smallest absolute Gasteiger partial charge is 0.192 e. The SMILES string of the molecule is CCc1ncnc(N(C)OC)c1F. The Morgan fingerprint density at radius 3 is 2.77 bits per heavy atom. The van der Waals surface area contributed by atoms with Gasteiger partial charge >= 0.3 is 0 Å². The number of rotatable bonds is 3. The molecule has 1 heterocycles. The van der Waals surface area contributed by atoms with Gasteiger partial charge in [0.1, 0.15) is 6.33 Å². The predicted octanol–water partition coefficient (Wildman–Crippen LogP) is 1.18. The highest BCUT2D eigenvalue weighted by Crippen LogP contribution is 2.16. The van der Waals surface area contributed by atoms with Crippen molar-refractivity contribution >= 4 is 5.82 Å². The maximum absolute atomic E-state index is 13.5. The lowest BCUT2D eigenvalue weighted by molar-refractivity contribution is 0.179. The zero-order valence-corrected chi connectivity index (χ0v) is 7.91. The first-order valence-electron chi connectivity index (χ1n) is 3.97. The van der Waals surface area contributed by atoms with Crippen molar-refractivity contribution in [3.05, 3.63) is 17.8 Å². The second-order valence-corrected chi connectivity index (χ2v) is 2.49. The zero-order chi connectivity index (χ0) is 9.84. The second-order valence-electron chi connectivity index (χ2n) is 2.49. The fourth-order valence-electron chi connectivity index (χ4n) is 0.948. The van der Waals surface area contributed by atoms with Gasteiger partial charge in [0.2, 0.25) is 0 Å². The Morgan fingerprint density at radius 2 is 2.23 bits per heavy atom. The molecule has 0 aromatic carbocycles. The minimum absolute atomic E-state index is 0.161. The van der Waals surface area contributed by atoms with Crippen LogP contribution < -0.4 is 5.06 Å². The van der Waals surface area contributed by atoms with Gasteiger partial charge in [0, 0.05) is 7.05 Å². The van der Waals surface area contributed by atoms with Gasteiger partial charge in [0.25, 0.3) is 0 Å². The molecule has 0 aliphatic rings. The molecule has 0 atom stereocenters. The lowest BCUT2D eigenvalue weighted by Crippen LogP contribution is -2.18. The average Bonchev–Trinajstić information content (AvgIpc) is 2.17. The number of anilines is 1. The van der Waals surface area contributed by atoms with E-state index >= 15 is 0 Å². The van der Waals surface area contributed by atoms with E-state index in [0.717, 1.165) is 0 Å². The van der Waals surface area contributed by atoms with Gasteiger partial charge in [-0.1, -0.05) is 6.92 Å². The molecule has 0 saturated heterocycles. The molecule has 1 rings (SSSR count). The molecule has 5 heteroatoms. The third kappa shape index (κ3) is 1.92. The fourth-order valence-corrected chi connectivity index (χ4v) is 0.948. The molecule has 0 saturated carbocycles. The molecule has 4 nitrogen and oxygen atoms in total. The highest BCUT2D eigenvalue weighted by molar-refractivity contribution is 5.37. The van der Waals surface area contributed by atoms with E-state index in [2.05, 4.69) is 9.97 Å². The van der Waals surface area contributed by atoms with Crippen LogP contribution in [0.5, 0.6) is 0 Å². The molecule has 72 valence electrons. The molecule has 0 spiro atoms. The monoisotopic (exact) mass is 185 g/mol.